The molecule has 0 atom stereocenters. The summed E-state index contributed by atoms with van der Waals surface area (Å²) in [6, 6.07) is 13.4. The van der Waals surface area contributed by atoms with Gasteiger partial charge in [0.1, 0.15) is 10.6 Å². The third kappa shape index (κ3) is 5.14. The Labute approximate surface area is 178 Å². The molecule has 0 saturated heterocycles. The zero-order chi connectivity index (χ0) is 22.4. The smallest absolute Gasteiger partial charge is 0.270 e. The lowest BCUT2D eigenvalue weighted by Gasteiger charge is -2.14. The van der Waals surface area contributed by atoms with Crippen LogP contribution in [-0.2, 0) is 10.0 Å². The van der Waals surface area contributed by atoms with Crippen LogP contribution in [0.2, 0.25) is 0 Å². The van der Waals surface area contributed by atoms with Gasteiger partial charge in [0.15, 0.2) is 0 Å². The zero-order valence-corrected chi connectivity index (χ0v) is 17.5. The Kier molecular flexibility index (Phi) is 6.46. The number of sulfonamides is 1. The Balaban J connectivity index is 2.01. The van der Waals surface area contributed by atoms with E-state index in [1.54, 1.807) is 49.6 Å². The zero-order valence-electron chi connectivity index (χ0n) is 16.6. The van der Waals surface area contributed by atoms with Gasteiger partial charge in [-0.25, -0.2) is 8.42 Å². The Morgan fingerprint density at radius 3 is 2.48 bits per heavy atom. The molecule has 0 saturated carbocycles. The molecule has 1 heterocycles. The van der Waals surface area contributed by atoms with Gasteiger partial charge in [-0.2, -0.15) is 5.10 Å². The lowest BCUT2D eigenvalue weighted by Crippen LogP contribution is -2.16. The highest BCUT2D eigenvalue weighted by atomic mass is 32.2. The Hall–Kier alpha value is -3.99. The van der Waals surface area contributed by atoms with Crippen LogP contribution in [0, 0.1) is 10.1 Å². The van der Waals surface area contributed by atoms with Crippen LogP contribution in [0.5, 0.6) is 5.75 Å². The number of anilines is 2. The predicted molar refractivity (Wildman–Crippen MR) is 117 cm³/mol. The second kappa shape index (κ2) is 9.22. The van der Waals surface area contributed by atoms with Crippen molar-refractivity contribution in [2.24, 2.45) is 5.10 Å². The average Bonchev–Trinajstić information content (AvgIpc) is 2.78. The average molecular weight is 441 g/mol. The summed E-state index contributed by atoms with van der Waals surface area (Å²) in [7, 11) is -2.81. The van der Waals surface area contributed by atoms with Crippen LogP contribution < -0.4 is 14.9 Å². The summed E-state index contributed by atoms with van der Waals surface area (Å²) in [6.07, 6.45) is 3.21. The Morgan fingerprint density at radius 2 is 1.81 bits per heavy atom. The first-order chi connectivity index (χ1) is 14.8. The molecule has 31 heavy (non-hydrogen) atoms. The van der Waals surface area contributed by atoms with Crippen molar-refractivity contribution in [2.45, 2.75) is 11.8 Å². The lowest BCUT2D eigenvalue weighted by atomic mass is 10.2. The number of hydrogen-bond donors (Lipinski definition) is 2. The van der Waals surface area contributed by atoms with Crippen molar-refractivity contribution in [2.75, 3.05) is 17.3 Å². The fourth-order valence-corrected chi connectivity index (χ4v) is 3.92. The van der Waals surface area contributed by atoms with Gasteiger partial charge in [-0.05, 0) is 37.3 Å². The number of benzene rings is 2. The molecule has 0 aliphatic heterocycles. The maximum Gasteiger partial charge on any atom is 0.270 e. The van der Waals surface area contributed by atoms with Crippen molar-refractivity contribution in [1.82, 2.24) is 4.98 Å². The Bertz CT molecular complexity index is 1230. The number of ether oxygens (including phenoxy) is 1. The van der Waals surface area contributed by atoms with Crippen LogP contribution >= 0.6 is 0 Å². The minimum Gasteiger partial charge on any atom is -0.495 e. The highest BCUT2D eigenvalue weighted by Gasteiger charge is 2.24. The van der Waals surface area contributed by atoms with Crippen LogP contribution in [0.3, 0.4) is 0 Å². The first-order valence-corrected chi connectivity index (χ1v) is 10.4. The molecule has 11 heteroatoms. The number of hydrogen-bond acceptors (Lipinski definition) is 8. The number of nitro benzene ring substituents is 1. The van der Waals surface area contributed by atoms with Crippen molar-refractivity contribution < 1.29 is 18.1 Å². The summed E-state index contributed by atoms with van der Waals surface area (Å²) in [4.78, 5) is 14.1. The number of para-hydroxylation sites is 2. The largest absolute Gasteiger partial charge is 0.495 e. The molecule has 3 rings (SSSR count). The lowest BCUT2D eigenvalue weighted by molar-refractivity contribution is -0.385. The molecule has 2 N–H and O–H groups in total. The fourth-order valence-electron chi connectivity index (χ4n) is 2.67. The van der Waals surface area contributed by atoms with E-state index in [0.29, 0.717) is 11.5 Å². The number of methoxy groups -OCH3 is 1. The second-order valence-corrected chi connectivity index (χ2v) is 7.94. The number of nitrogens with zero attached hydrogens (tertiary/aromatic N) is 3. The van der Waals surface area contributed by atoms with Crippen LogP contribution in [0.1, 0.15) is 12.5 Å². The van der Waals surface area contributed by atoms with Gasteiger partial charge < -0.3 is 4.74 Å². The summed E-state index contributed by atoms with van der Waals surface area (Å²) in [5.74, 6) is 0.303. The monoisotopic (exact) mass is 441 g/mol. The van der Waals surface area contributed by atoms with Gasteiger partial charge in [0.25, 0.3) is 15.7 Å². The Morgan fingerprint density at radius 1 is 1.10 bits per heavy atom. The van der Waals surface area contributed by atoms with E-state index in [2.05, 4.69) is 20.2 Å². The minimum absolute atomic E-state index is 0.0707. The summed E-state index contributed by atoms with van der Waals surface area (Å²) < 4.78 is 33.8. The van der Waals surface area contributed by atoms with E-state index in [-0.39, 0.29) is 22.0 Å². The molecule has 0 amide bonds. The molecule has 0 bridgehead atoms. The van der Waals surface area contributed by atoms with E-state index in [1.807, 2.05) is 0 Å². The summed E-state index contributed by atoms with van der Waals surface area (Å²) in [5.41, 5.74) is 3.93. The maximum absolute atomic E-state index is 13.1. The standard InChI is InChI=1S/C20H19N5O5S/c1-14(15-9-11-21-12-10-15)22-23-18-8-7-16(25(26)27)13-20(18)31(28,29)24-17-5-3-4-6-19(17)30-2/h3-13,23-24H,1-2H3. The second-order valence-electron chi connectivity index (χ2n) is 6.29. The number of non-ortho nitro benzene ring substituents is 1. The molecule has 1 aromatic heterocycles. The van der Waals surface area contributed by atoms with Gasteiger partial charge in [0.2, 0.25) is 0 Å². The summed E-state index contributed by atoms with van der Waals surface area (Å²) in [6.45, 7) is 1.73. The van der Waals surface area contributed by atoms with E-state index < -0.39 is 14.9 Å². The molecule has 3 aromatic rings. The molecule has 0 radical (unpaired) electrons. The van der Waals surface area contributed by atoms with Crippen molar-refractivity contribution in [1.29, 1.82) is 0 Å². The summed E-state index contributed by atoms with van der Waals surface area (Å²) in [5, 5.41) is 15.4. The molecule has 160 valence electrons. The van der Waals surface area contributed by atoms with Gasteiger partial charge in [-0.3, -0.25) is 25.2 Å². The SMILES string of the molecule is COc1ccccc1NS(=O)(=O)c1cc([N+](=O)[O-])ccc1NN=C(C)c1ccncc1. The molecular formula is C20H19N5O5S. The molecule has 0 unspecified atom stereocenters. The van der Waals surface area contributed by atoms with Crippen molar-refractivity contribution in [3.05, 3.63) is 82.7 Å². The molecule has 0 aliphatic carbocycles. The number of hydrazone groups is 1. The van der Waals surface area contributed by atoms with Crippen molar-refractivity contribution in [3.63, 3.8) is 0 Å². The maximum atomic E-state index is 13.1. The fraction of sp³-hybridized carbons (Fsp3) is 0.100. The highest BCUT2D eigenvalue weighted by Crippen LogP contribution is 2.31. The summed E-state index contributed by atoms with van der Waals surface area (Å²) >= 11 is 0. The van der Waals surface area contributed by atoms with Crippen molar-refractivity contribution >= 4 is 32.8 Å². The number of nitrogens with one attached hydrogen (secondary N) is 2. The predicted octanol–water partition coefficient (Wildman–Crippen LogP) is 3.64. The van der Waals surface area contributed by atoms with Gasteiger partial charge in [0, 0.05) is 30.1 Å². The number of nitro groups is 1. The first-order valence-electron chi connectivity index (χ1n) is 8.97. The molecular weight excluding hydrogens is 422 g/mol. The molecule has 0 fully saturated rings. The van der Waals surface area contributed by atoms with E-state index in [4.69, 9.17) is 4.74 Å². The van der Waals surface area contributed by atoms with Crippen molar-refractivity contribution in [3.8, 4) is 5.75 Å². The van der Waals surface area contributed by atoms with Crippen LogP contribution in [0.15, 0.2) is 77.0 Å². The molecule has 2 aromatic carbocycles. The van der Waals surface area contributed by atoms with Gasteiger partial charge >= 0.3 is 0 Å². The van der Waals surface area contributed by atoms with Crippen LogP contribution in [0.4, 0.5) is 17.1 Å². The minimum atomic E-state index is -4.22. The third-order valence-electron chi connectivity index (χ3n) is 4.26. The first kappa shape index (κ1) is 21.7. The molecule has 0 aliphatic rings. The van der Waals surface area contributed by atoms with Crippen LogP contribution in [0.25, 0.3) is 0 Å². The third-order valence-corrected chi connectivity index (χ3v) is 5.66. The highest BCUT2D eigenvalue weighted by molar-refractivity contribution is 7.93. The quantitative estimate of drug-likeness (QED) is 0.309. The van der Waals surface area contributed by atoms with E-state index in [0.717, 1.165) is 11.6 Å². The normalized spacial score (nSPS) is 11.6. The number of rotatable bonds is 8. The number of aromatic nitrogens is 1. The van der Waals surface area contributed by atoms with Gasteiger partial charge in [-0.1, -0.05) is 12.1 Å². The van der Waals surface area contributed by atoms with E-state index >= 15 is 0 Å². The van der Waals surface area contributed by atoms with E-state index in [9.17, 15) is 18.5 Å². The van der Waals surface area contributed by atoms with Gasteiger partial charge in [0.05, 0.1) is 29.1 Å². The number of pyridine rings is 1. The molecule has 10 nitrogen and oxygen atoms in total. The topological polar surface area (TPSA) is 136 Å². The van der Waals surface area contributed by atoms with Gasteiger partial charge in [-0.15, -0.1) is 0 Å². The van der Waals surface area contributed by atoms with Crippen LogP contribution in [-0.4, -0.2) is 31.1 Å². The van der Waals surface area contributed by atoms with E-state index in [1.165, 1.54) is 25.3 Å². The molecule has 0 spiro atoms.